The number of aryl methyl sites for hydroxylation is 1. The van der Waals surface area contributed by atoms with Crippen LogP contribution in [0.25, 0.3) is 0 Å². The highest BCUT2D eigenvalue weighted by atomic mass is 32.2. The van der Waals surface area contributed by atoms with Gasteiger partial charge in [-0.25, -0.2) is 13.1 Å². The fourth-order valence-electron chi connectivity index (χ4n) is 1.66. The molecule has 0 saturated carbocycles. The molecule has 0 fully saturated rings. The van der Waals surface area contributed by atoms with Gasteiger partial charge >= 0.3 is 0 Å². The van der Waals surface area contributed by atoms with E-state index in [1.54, 1.807) is 6.20 Å². The molecule has 0 aliphatic carbocycles. The van der Waals surface area contributed by atoms with Crippen molar-refractivity contribution >= 4 is 10.0 Å². The van der Waals surface area contributed by atoms with Gasteiger partial charge in [0, 0.05) is 12.1 Å². The van der Waals surface area contributed by atoms with Crippen LogP contribution in [0.4, 0.5) is 0 Å². The van der Waals surface area contributed by atoms with E-state index in [0.717, 1.165) is 16.7 Å². The summed E-state index contributed by atoms with van der Waals surface area (Å²) in [6, 6.07) is 7.47. The van der Waals surface area contributed by atoms with Gasteiger partial charge in [0.25, 0.3) is 0 Å². The molecule has 0 bridgehead atoms. The van der Waals surface area contributed by atoms with Crippen molar-refractivity contribution in [1.29, 1.82) is 0 Å². The Bertz CT molecular complexity index is 604. The minimum absolute atomic E-state index is 0.00306. The number of hydrogen-bond donors (Lipinski definition) is 1. The normalized spacial score (nSPS) is 11.6. The molecule has 19 heavy (non-hydrogen) atoms. The van der Waals surface area contributed by atoms with Gasteiger partial charge in [-0.05, 0) is 18.9 Å². The van der Waals surface area contributed by atoms with Gasteiger partial charge in [0.15, 0.2) is 0 Å². The summed E-state index contributed by atoms with van der Waals surface area (Å²) in [5.74, 6) is -0.00306. The summed E-state index contributed by atoms with van der Waals surface area (Å²) in [5, 5.41) is 3.56. The van der Waals surface area contributed by atoms with Gasteiger partial charge in [-0.1, -0.05) is 35.0 Å². The van der Waals surface area contributed by atoms with Crippen molar-refractivity contribution in [3.05, 3.63) is 53.4 Å². The van der Waals surface area contributed by atoms with Crippen LogP contribution >= 0.6 is 0 Å². The van der Waals surface area contributed by atoms with E-state index in [0.29, 0.717) is 13.0 Å². The smallest absolute Gasteiger partial charge is 0.215 e. The van der Waals surface area contributed by atoms with Crippen LogP contribution in [0.15, 0.2) is 41.2 Å². The second-order valence-corrected chi connectivity index (χ2v) is 6.23. The van der Waals surface area contributed by atoms with E-state index in [9.17, 15) is 8.42 Å². The number of benzene rings is 1. The molecule has 0 amide bonds. The first kappa shape index (κ1) is 13.8. The highest BCUT2D eigenvalue weighted by molar-refractivity contribution is 7.88. The SMILES string of the molecule is Cc1ccc(CS(=O)(=O)NCCc2cnoc2)cc1. The van der Waals surface area contributed by atoms with E-state index in [2.05, 4.69) is 14.4 Å². The quantitative estimate of drug-likeness (QED) is 0.873. The van der Waals surface area contributed by atoms with Crippen molar-refractivity contribution in [1.82, 2.24) is 9.88 Å². The summed E-state index contributed by atoms with van der Waals surface area (Å²) in [7, 11) is -3.30. The lowest BCUT2D eigenvalue weighted by atomic mass is 10.2. The van der Waals surface area contributed by atoms with Crippen LogP contribution in [0.5, 0.6) is 0 Å². The topological polar surface area (TPSA) is 72.2 Å². The molecule has 6 heteroatoms. The maximum absolute atomic E-state index is 11.9. The van der Waals surface area contributed by atoms with Gasteiger partial charge in [-0.2, -0.15) is 0 Å². The highest BCUT2D eigenvalue weighted by Crippen LogP contribution is 2.07. The lowest BCUT2D eigenvalue weighted by molar-refractivity contribution is 0.419. The second kappa shape index (κ2) is 5.99. The number of sulfonamides is 1. The van der Waals surface area contributed by atoms with Gasteiger partial charge in [0.2, 0.25) is 10.0 Å². The molecule has 0 atom stereocenters. The van der Waals surface area contributed by atoms with Crippen LogP contribution in [-0.2, 0) is 22.2 Å². The zero-order valence-corrected chi connectivity index (χ0v) is 11.5. The van der Waals surface area contributed by atoms with Crippen molar-refractivity contribution in [2.45, 2.75) is 19.1 Å². The van der Waals surface area contributed by atoms with Crippen molar-refractivity contribution in [2.75, 3.05) is 6.54 Å². The molecule has 0 radical (unpaired) electrons. The van der Waals surface area contributed by atoms with Crippen LogP contribution < -0.4 is 4.72 Å². The van der Waals surface area contributed by atoms with E-state index < -0.39 is 10.0 Å². The third kappa shape index (κ3) is 4.50. The van der Waals surface area contributed by atoms with Crippen molar-refractivity contribution in [3.63, 3.8) is 0 Å². The van der Waals surface area contributed by atoms with Gasteiger partial charge in [-0.15, -0.1) is 0 Å². The Morgan fingerprint density at radius 2 is 1.95 bits per heavy atom. The Morgan fingerprint density at radius 3 is 2.58 bits per heavy atom. The first-order valence-corrected chi connectivity index (χ1v) is 7.61. The van der Waals surface area contributed by atoms with E-state index in [4.69, 9.17) is 0 Å². The highest BCUT2D eigenvalue weighted by Gasteiger charge is 2.10. The molecule has 0 aliphatic heterocycles. The van der Waals surface area contributed by atoms with Crippen molar-refractivity contribution in [3.8, 4) is 0 Å². The largest absolute Gasteiger partial charge is 0.364 e. The fourth-order valence-corrected chi connectivity index (χ4v) is 2.80. The summed E-state index contributed by atoms with van der Waals surface area (Å²) in [4.78, 5) is 0. The Kier molecular flexibility index (Phi) is 4.34. The number of nitrogens with one attached hydrogen (secondary N) is 1. The van der Waals surface area contributed by atoms with Gasteiger partial charge < -0.3 is 4.52 Å². The van der Waals surface area contributed by atoms with E-state index in [1.165, 1.54) is 6.26 Å². The van der Waals surface area contributed by atoms with Crippen LogP contribution in [0.3, 0.4) is 0 Å². The summed E-state index contributed by atoms with van der Waals surface area (Å²) in [5.41, 5.74) is 2.77. The van der Waals surface area contributed by atoms with Crippen molar-refractivity contribution < 1.29 is 12.9 Å². The summed E-state index contributed by atoms with van der Waals surface area (Å²) >= 11 is 0. The Labute approximate surface area is 112 Å². The molecule has 0 saturated heterocycles. The molecule has 0 unspecified atom stereocenters. The maximum Gasteiger partial charge on any atom is 0.215 e. The number of hydrogen-bond acceptors (Lipinski definition) is 4. The Hall–Kier alpha value is -1.66. The average molecular weight is 280 g/mol. The van der Waals surface area contributed by atoms with E-state index in [1.807, 2.05) is 31.2 Å². The predicted molar refractivity (Wildman–Crippen MR) is 72.0 cm³/mol. The Morgan fingerprint density at radius 1 is 1.21 bits per heavy atom. The number of nitrogens with zero attached hydrogens (tertiary/aromatic N) is 1. The predicted octanol–water partition coefficient (Wildman–Crippen LogP) is 1.65. The van der Waals surface area contributed by atoms with Crippen molar-refractivity contribution in [2.24, 2.45) is 0 Å². The maximum atomic E-state index is 11.9. The lowest BCUT2D eigenvalue weighted by Crippen LogP contribution is -2.27. The molecular formula is C13H16N2O3S. The van der Waals surface area contributed by atoms with Crippen LogP contribution in [-0.4, -0.2) is 20.1 Å². The molecule has 1 aromatic heterocycles. The zero-order valence-electron chi connectivity index (χ0n) is 10.7. The van der Waals surface area contributed by atoms with E-state index >= 15 is 0 Å². The monoisotopic (exact) mass is 280 g/mol. The third-order valence-electron chi connectivity index (χ3n) is 2.70. The number of aromatic nitrogens is 1. The molecular weight excluding hydrogens is 264 g/mol. The first-order valence-electron chi connectivity index (χ1n) is 5.96. The van der Waals surface area contributed by atoms with Crippen LogP contribution in [0, 0.1) is 6.92 Å². The van der Waals surface area contributed by atoms with Crippen LogP contribution in [0.2, 0.25) is 0 Å². The molecule has 2 aromatic rings. The van der Waals surface area contributed by atoms with Gasteiger partial charge in [0.05, 0.1) is 11.9 Å². The lowest BCUT2D eigenvalue weighted by Gasteiger charge is -2.06. The third-order valence-corrected chi connectivity index (χ3v) is 4.05. The Balaban J connectivity index is 1.86. The fraction of sp³-hybridized carbons (Fsp3) is 0.308. The van der Waals surface area contributed by atoms with Gasteiger partial charge in [-0.3, -0.25) is 0 Å². The minimum atomic E-state index is -3.30. The standard InChI is InChI=1S/C13H16N2O3S/c1-11-2-4-12(5-3-11)10-19(16,17)15-7-6-13-8-14-18-9-13/h2-5,8-9,15H,6-7,10H2,1H3. The molecule has 5 nitrogen and oxygen atoms in total. The summed E-state index contributed by atoms with van der Waals surface area (Å²) in [6.07, 6.45) is 3.65. The molecule has 0 aliphatic rings. The molecule has 1 aromatic carbocycles. The molecule has 102 valence electrons. The van der Waals surface area contributed by atoms with Crippen LogP contribution in [0.1, 0.15) is 16.7 Å². The van der Waals surface area contributed by atoms with Gasteiger partial charge in [0.1, 0.15) is 6.26 Å². The van der Waals surface area contributed by atoms with E-state index in [-0.39, 0.29) is 5.75 Å². The summed E-state index contributed by atoms with van der Waals surface area (Å²) < 4.78 is 31.0. The molecule has 0 spiro atoms. The first-order chi connectivity index (χ1) is 9.05. The average Bonchev–Trinajstić information content (AvgIpc) is 2.85. The molecule has 1 N–H and O–H groups in total. The molecule has 1 heterocycles. The number of rotatable bonds is 6. The second-order valence-electron chi connectivity index (χ2n) is 4.42. The zero-order chi connectivity index (χ0) is 13.7. The molecule has 2 rings (SSSR count). The minimum Gasteiger partial charge on any atom is -0.364 e. The summed E-state index contributed by atoms with van der Waals surface area (Å²) in [6.45, 7) is 2.31.